The van der Waals surface area contributed by atoms with E-state index in [2.05, 4.69) is 17.1 Å². The zero-order valence-electron chi connectivity index (χ0n) is 10.9. The fraction of sp³-hybridized carbons (Fsp3) is 0.571. The topological polar surface area (TPSA) is 24.5 Å². The van der Waals surface area contributed by atoms with Crippen LogP contribution in [0.2, 0.25) is 5.02 Å². The Hall–Kier alpha value is -0.770. The molecule has 0 aromatic heterocycles. The van der Waals surface area contributed by atoms with Gasteiger partial charge in [0.15, 0.2) is 0 Å². The van der Waals surface area contributed by atoms with E-state index >= 15 is 0 Å². The standard InChI is InChI=1S/C14H21ClN2O/c1-2-7-17(12-10-16-11-12)8-9-18-14-6-4-3-5-13(14)15/h3-6,12,16H,2,7-11H2,1H3. The number of rotatable bonds is 7. The predicted octanol–water partition coefficient (Wildman–Crippen LogP) is 2.40. The van der Waals surface area contributed by atoms with Gasteiger partial charge in [0.2, 0.25) is 0 Å². The number of nitrogens with one attached hydrogen (secondary N) is 1. The summed E-state index contributed by atoms with van der Waals surface area (Å²) in [5, 5.41) is 4.00. The maximum atomic E-state index is 6.05. The molecule has 4 heteroatoms. The molecule has 0 spiro atoms. The Kier molecular flexibility index (Phi) is 5.29. The summed E-state index contributed by atoms with van der Waals surface area (Å²) in [6, 6.07) is 8.31. The van der Waals surface area contributed by atoms with Crippen LogP contribution in [0, 0.1) is 0 Å². The third kappa shape index (κ3) is 3.61. The molecule has 0 radical (unpaired) electrons. The molecule has 1 aliphatic rings. The molecular formula is C14H21ClN2O. The monoisotopic (exact) mass is 268 g/mol. The highest BCUT2D eigenvalue weighted by Crippen LogP contribution is 2.23. The first-order valence-electron chi connectivity index (χ1n) is 6.63. The number of para-hydroxylation sites is 1. The number of hydrogen-bond acceptors (Lipinski definition) is 3. The molecule has 1 fully saturated rings. The van der Waals surface area contributed by atoms with Gasteiger partial charge in [-0.15, -0.1) is 0 Å². The second-order valence-electron chi connectivity index (χ2n) is 4.63. The second kappa shape index (κ2) is 6.98. The van der Waals surface area contributed by atoms with Crippen molar-refractivity contribution in [3.8, 4) is 5.75 Å². The molecule has 18 heavy (non-hydrogen) atoms. The van der Waals surface area contributed by atoms with Crippen molar-refractivity contribution in [1.29, 1.82) is 0 Å². The Bertz CT molecular complexity index is 369. The van der Waals surface area contributed by atoms with E-state index in [4.69, 9.17) is 16.3 Å². The van der Waals surface area contributed by atoms with Gasteiger partial charge >= 0.3 is 0 Å². The van der Waals surface area contributed by atoms with Crippen molar-refractivity contribution in [3.05, 3.63) is 29.3 Å². The van der Waals surface area contributed by atoms with Gasteiger partial charge in [-0.2, -0.15) is 0 Å². The van der Waals surface area contributed by atoms with E-state index in [9.17, 15) is 0 Å². The smallest absolute Gasteiger partial charge is 0.137 e. The van der Waals surface area contributed by atoms with Crippen LogP contribution in [-0.2, 0) is 0 Å². The quantitative estimate of drug-likeness (QED) is 0.822. The molecule has 1 heterocycles. The number of ether oxygens (including phenoxy) is 1. The molecule has 1 aromatic carbocycles. The summed E-state index contributed by atoms with van der Waals surface area (Å²) in [6.45, 7) is 7.22. The van der Waals surface area contributed by atoms with E-state index < -0.39 is 0 Å². The molecule has 0 saturated carbocycles. The third-order valence-corrected chi connectivity index (χ3v) is 3.57. The van der Waals surface area contributed by atoms with Crippen molar-refractivity contribution >= 4 is 11.6 Å². The Balaban J connectivity index is 1.77. The summed E-state index contributed by atoms with van der Waals surface area (Å²) in [5.41, 5.74) is 0. The predicted molar refractivity (Wildman–Crippen MR) is 75.5 cm³/mol. The highest BCUT2D eigenvalue weighted by Gasteiger charge is 2.23. The molecule has 0 aliphatic carbocycles. The van der Waals surface area contributed by atoms with Crippen LogP contribution in [0.4, 0.5) is 0 Å². The summed E-state index contributed by atoms with van der Waals surface area (Å²) in [4.78, 5) is 2.49. The lowest BCUT2D eigenvalue weighted by molar-refractivity contribution is 0.122. The van der Waals surface area contributed by atoms with Gasteiger partial charge in [0, 0.05) is 25.7 Å². The molecule has 0 unspecified atom stereocenters. The Morgan fingerprint density at radius 1 is 1.33 bits per heavy atom. The van der Waals surface area contributed by atoms with Gasteiger partial charge in [-0.05, 0) is 25.1 Å². The van der Waals surface area contributed by atoms with Crippen LogP contribution in [0.25, 0.3) is 0 Å². The molecule has 3 nitrogen and oxygen atoms in total. The third-order valence-electron chi connectivity index (χ3n) is 3.26. The lowest BCUT2D eigenvalue weighted by Gasteiger charge is -2.38. The van der Waals surface area contributed by atoms with E-state index in [0.29, 0.717) is 17.7 Å². The fourth-order valence-corrected chi connectivity index (χ4v) is 2.32. The zero-order chi connectivity index (χ0) is 12.8. The van der Waals surface area contributed by atoms with Gasteiger partial charge in [0.1, 0.15) is 12.4 Å². The van der Waals surface area contributed by atoms with Crippen molar-refractivity contribution in [3.63, 3.8) is 0 Å². The molecule has 100 valence electrons. The first kappa shape index (κ1) is 13.7. The number of benzene rings is 1. The Morgan fingerprint density at radius 2 is 2.11 bits per heavy atom. The normalized spacial score (nSPS) is 15.7. The van der Waals surface area contributed by atoms with Crippen LogP contribution >= 0.6 is 11.6 Å². The molecule has 0 atom stereocenters. The molecular weight excluding hydrogens is 248 g/mol. The van der Waals surface area contributed by atoms with E-state index in [0.717, 1.165) is 31.9 Å². The highest BCUT2D eigenvalue weighted by atomic mass is 35.5. The van der Waals surface area contributed by atoms with Gasteiger partial charge in [-0.1, -0.05) is 30.7 Å². The summed E-state index contributed by atoms with van der Waals surface area (Å²) < 4.78 is 5.74. The molecule has 1 saturated heterocycles. The van der Waals surface area contributed by atoms with Gasteiger partial charge in [0.25, 0.3) is 0 Å². The number of halogens is 1. The van der Waals surface area contributed by atoms with Gasteiger partial charge in [-0.25, -0.2) is 0 Å². The maximum Gasteiger partial charge on any atom is 0.137 e. The van der Waals surface area contributed by atoms with Gasteiger partial charge in [0.05, 0.1) is 5.02 Å². The van der Waals surface area contributed by atoms with E-state index in [-0.39, 0.29) is 0 Å². The minimum Gasteiger partial charge on any atom is -0.491 e. The maximum absolute atomic E-state index is 6.05. The molecule has 1 aliphatic heterocycles. The van der Waals surface area contributed by atoms with Crippen molar-refractivity contribution in [1.82, 2.24) is 10.2 Å². The van der Waals surface area contributed by atoms with Crippen molar-refractivity contribution < 1.29 is 4.74 Å². The lowest BCUT2D eigenvalue weighted by atomic mass is 10.1. The molecule has 1 N–H and O–H groups in total. The highest BCUT2D eigenvalue weighted by molar-refractivity contribution is 6.32. The molecule has 1 aromatic rings. The minimum atomic E-state index is 0.680. The van der Waals surface area contributed by atoms with Crippen LogP contribution in [0.5, 0.6) is 5.75 Å². The zero-order valence-corrected chi connectivity index (χ0v) is 11.6. The van der Waals surface area contributed by atoms with Gasteiger partial charge in [-0.3, -0.25) is 4.90 Å². The van der Waals surface area contributed by atoms with Crippen LogP contribution in [0.15, 0.2) is 24.3 Å². The number of hydrogen-bond donors (Lipinski definition) is 1. The number of nitrogens with zero attached hydrogens (tertiary/aromatic N) is 1. The van der Waals surface area contributed by atoms with Crippen molar-refractivity contribution in [2.45, 2.75) is 19.4 Å². The SMILES string of the molecule is CCCN(CCOc1ccccc1Cl)C1CNC1. The van der Waals surface area contributed by atoms with E-state index in [1.807, 2.05) is 24.3 Å². The minimum absolute atomic E-state index is 0.680. The largest absolute Gasteiger partial charge is 0.491 e. The average molecular weight is 269 g/mol. The lowest BCUT2D eigenvalue weighted by Crippen LogP contribution is -2.58. The summed E-state index contributed by atoms with van der Waals surface area (Å²) >= 11 is 6.05. The van der Waals surface area contributed by atoms with Crippen LogP contribution in [-0.4, -0.2) is 43.7 Å². The first-order valence-corrected chi connectivity index (χ1v) is 7.01. The van der Waals surface area contributed by atoms with E-state index in [1.165, 1.54) is 6.42 Å². The Labute approximate surface area is 114 Å². The van der Waals surface area contributed by atoms with E-state index in [1.54, 1.807) is 0 Å². The van der Waals surface area contributed by atoms with Crippen molar-refractivity contribution in [2.24, 2.45) is 0 Å². The fourth-order valence-electron chi connectivity index (χ4n) is 2.13. The van der Waals surface area contributed by atoms with Crippen molar-refractivity contribution in [2.75, 3.05) is 32.8 Å². The summed E-state index contributed by atoms with van der Waals surface area (Å²) in [7, 11) is 0. The second-order valence-corrected chi connectivity index (χ2v) is 5.03. The van der Waals surface area contributed by atoms with Crippen LogP contribution in [0.3, 0.4) is 0 Å². The molecule has 2 rings (SSSR count). The van der Waals surface area contributed by atoms with Gasteiger partial charge < -0.3 is 10.1 Å². The van der Waals surface area contributed by atoms with Crippen LogP contribution in [0.1, 0.15) is 13.3 Å². The average Bonchev–Trinajstić information content (AvgIpc) is 2.29. The molecule has 0 amide bonds. The summed E-state index contributed by atoms with van der Waals surface area (Å²) in [6.07, 6.45) is 1.18. The Morgan fingerprint density at radius 3 is 2.72 bits per heavy atom. The molecule has 0 bridgehead atoms. The first-order chi connectivity index (χ1) is 8.81. The summed E-state index contributed by atoms with van der Waals surface area (Å²) in [5.74, 6) is 0.780. The van der Waals surface area contributed by atoms with Crippen LogP contribution < -0.4 is 10.1 Å².